The molecule has 0 aliphatic carbocycles. The minimum atomic E-state index is -0.241. The van der Waals surface area contributed by atoms with Crippen molar-refractivity contribution in [2.75, 3.05) is 5.75 Å². The SMILES string of the molecule is CC(C)NC(=O)CSc1ccccc1C(=O)NC(C)c1ccc(Cl)c(Cl)c1. The Morgan fingerprint density at radius 1 is 1.00 bits per heavy atom. The van der Waals surface area contributed by atoms with Gasteiger partial charge in [0, 0.05) is 10.9 Å². The van der Waals surface area contributed by atoms with Crippen LogP contribution >= 0.6 is 35.0 Å². The van der Waals surface area contributed by atoms with E-state index in [1.165, 1.54) is 11.8 Å². The van der Waals surface area contributed by atoms with Crippen molar-refractivity contribution in [3.8, 4) is 0 Å². The van der Waals surface area contributed by atoms with Crippen molar-refractivity contribution in [2.24, 2.45) is 0 Å². The van der Waals surface area contributed by atoms with Crippen LogP contribution in [-0.2, 0) is 4.79 Å². The van der Waals surface area contributed by atoms with Crippen LogP contribution in [0.15, 0.2) is 47.4 Å². The highest BCUT2D eigenvalue weighted by Crippen LogP contribution is 2.27. The lowest BCUT2D eigenvalue weighted by Crippen LogP contribution is -2.31. The van der Waals surface area contributed by atoms with Crippen LogP contribution in [0, 0.1) is 0 Å². The van der Waals surface area contributed by atoms with Crippen LogP contribution in [0.25, 0.3) is 0 Å². The molecule has 1 atom stereocenters. The lowest BCUT2D eigenvalue weighted by Gasteiger charge is -2.16. The Morgan fingerprint density at radius 2 is 1.70 bits per heavy atom. The molecule has 0 saturated carbocycles. The Morgan fingerprint density at radius 3 is 2.37 bits per heavy atom. The number of amides is 2. The summed E-state index contributed by atoms with van der Waals surface area (Å²) in [5.74, 6) is -0.0134. The Hall–Kier alpha value is -1.69. The van der Waals surface area contributed by atoms with Gasteiger partial charge in [-0.15, -0.1) is 11.8 Å². The first-order chi connectivity index (χ1) is 12.8. The second kappa shape index (κ2) is 10.0. The molecular formula is C20H22Cl2N2O2S. The summed E-state index contributed by atoms with van der Waals surface area (Å²) in [6.07, 6.45) is 0. The number of thioether (sulfide) groups is 1. The third kappa shape index (κ3) is 6.45. The average molecular weight is 425 g/mol. The smallest absolute Gasteiger partial charge is 0.252 e. The maximum atomic E-state index is 12.7. The molecule has 0 aliphatic heterocycles. The first kappa shape index (κ1) is 21.6. The summed E-state index contributed by atoms with van der Waals surface area (Å²) in [5.41, 5.74) is 1.39. The molecule has 27 heavy (non-hydrogen) atoms. The Kier molecular flexibility index (Phi) is 8.02. The summed E-state index contributed by atoms with van der Waals surface area (Å²) in [7, 11) is 0. The first-order valence-corrected chi connectivity index (χ1v) is 10.3. The molecule has 0 bridgehead atoms. The maximum Gasteiger partial charge on any atom is 0.252 e. The molecule has 144 valence electrons. The monoisotopic (exact) mass is 424 g/mol. The van der Waals surface area contributed by atoms with E-state index in [4.69, 9.17) is 23.2 Å². The Balaban J connectivity index is 2.07. The van der Waals surface area contributed by atoms with Crippen LogP contribution in [0.2, 0.25) is 10.0 Å². The van der Waals surface area contributed by atoms with Gasteiger partial charge in [0.05, 0.1) is 27.4 Å². The molecule has 0 saturated heterocycles. The van der Waals surface area contributed by atoms with E-state index in [1.807, 2.05) is 39.0 Å². The minimum absolute atomic E-state index is 0.0608. The second-order valence-electron chi connectivity index (χ2n) is 6.38. The molecule has 0 spiro atoms. The van der Waals surface area contributed by atoms with Crippen LogP contribution in [0.4, 0.5) is 0 Å². The molecule has 7 heteroatoms. The fourth-order valence-corrected chi connectivity index (χ4v) is 3.59. The zero-order chi connectivity index (χ0) is 20.0. The van der Waals surface area contributed by atoms with Gasteiger partial charge in [0.2, 0.25) is 5.91 Å². The number of halogens is 2. The van der Waals surface area contributed by atoms with E-state index >= 15 is 0 Å². The number of rotatable bonds is 7. The van der Waals surface area contributed by atoms with E-state index in [2.05, 4.69) is 10.6 Å². The molecule has 0 heterocycles. The predicted molar refractivity (Wildman–Crippen MR) is 113 cm³/mol. The number of hydrogen-bond acceptors (Lipinski definition) is 3. The number of carbonyl (C=O) groups excluding carboxylic acids is 2. The summed E-state index contributed by atoms with van der Waals surface area (Å²) >= 11 is 13.3. The number of hydrogen-bond donors (Lipinski definition) is 2. The molecule has 2 amide bonds. The van der Waals surface area contributed by atoms with Crippen molar-refractivity contribution in [1.82, 2.24) is 10.6 Å². The topological polar surface area (TPSA) is 58.2 Å². The number of carbonyl (C=O) groups is 2. The fourth-order valence-electron chi connectivity index (χ4n) is 2.43. The highest BCUT2D eigenvalue weighted by atomic mass is 35.5. The summed E-state index contributed by atoms with van der Waals surface area (Å²) in [6, 6.07) is 12.4. The van der Waals surface area contributed by atoms with Crippen molar-refractivity contribution in [1.29, 1.82) is 0 Å². The fraction of sp³-hybridized carbons (Fsp3) is 0.300. The summed E-state index contributed by atoms with van der Waals surface area (Å²) in [5, 5.41) is 6.73. The number of benzene rings is 2. The Bertz CT molecular complexity index is 827. The van der Waals surface area contributed by atoms with Crippen molar-refractivity contribution in [2.45, 2.75) is 37.8 Å². The normalized spacial score (nSPS) is 11.9. The van der Waals surface area contributed by atoms with Gasteiger partial charge in [0.1, 0.15) is 0 Å². The van der Waals surface area contributed by atoms with Crippen LogP contribution in [0.1, 0.15) is 42.7 Å². The van der Waals surface area contributed by atoms with E-state index < -0.39 is 0 Å². The van der Waals surface area contributed by atoms with Gasteiger partial charge in [-0.25, -0.2) is 0 Å². The zero-order valence-corrected chi connectivity index (χ0v) is 17.7. The van der Waals surface area contributed by atoms with Gasteiger partial charge in [-0.1, -0.05) is 41.4 Å². The van der Waals surface area contributed by atoms with Gasteiger partial charge >= 0.3 is 0 Å². The molecule has 0 aliphatic rings. The molecular weight excluding hydrogens is 403 g/mol. The van der Waals surface area contributed by atoms with E-state index in [1.54, 1.807) is 24.3 Å². The lowest BCUT2D eigenvalue weighted by atomic mass is 10.1. The standard InChI is InChI=1S/C20H22Cl2N2O2S/c1-12(2)23-19(25)11-27-18-7-5-4-6-15(18)20(26)24-13(3)14-8-9-16(21)17(22)10-14/h4-10,12-13H,11H2,1-3H3,(H,23,25)(H,24,26). The summed E-state index contributed by atoms with van der Waals surface area (Å²) < 4.78 is 0. The van der Waals surface area contributed by atoms with Crippen LogP contribution in [0.5, 0.6) is 0 Å². The molecule has 2 N–H and O–H groups in total. The van der Waals surface area contributed by atoms with E-state index in [-0.39, 0.29) is 29.7 Å². The third-order valence-corrected chi connectivity index (χ3v) is 5.54. The van der Waals surface area contributed by atoms with Gasteiger partial charge in [0.15, 0.2) is 0 Å². The summed E-state index contributed by atoms with van der Waals surface area (Å²) in [6.45, 7) is 5.70. The van der Waals surface area contributed by atoms with Crippen LogP contribution < -0.4 is 10.6 Å². The molecule has 2 rings (SSSR count). The maximum absolute atomic E-state index is 12.7. The van der Waals surface area contributed by atoms with Gasteiger partial charge in [0.25, 0.3) is 5.91 Å². The molecule has 1 unspecified atom stereocenters. The van der Waals surface area contributed by atoms with Crippen molar-refractivity contribution in [3.63, 3.8) is 0 Å². The van der Waals surface area contributed by atoms with E-state index in [0.717, 1.165) is 10.5 Å². The average Bonchev–Trinajstić information content (AvgIpc) is 2.61. The van der Waals surface area contributed by atoms with Crippen molar-refractivity contribution < 1.29 is 9.59 Å². The number of nitrogens with one attached hydrogen (secondary N) is 2. The largest absolute Gasteiger partial charge is 0.353 e. The van der Waals surface area contributed by atoms with E-state index in [0.29, 0.717) is 15.6 Å². The first-order valence-electron chi connectivity index (χ1n) is 8.55. The lowest BCUT2D eigenvalue weighted by molar-refractivity contribution is -0.119. The highest BCUT2D eigenvalue weighted by Gasteiger charge is 2.16. The zero-order valence-electron chi connectivity index (χ0n) is 15.4. The van der Waals surface area contributed by atoms with E-state index in [9.17, 15) is 9.59 Å². The Labute approximate surface area is 174 Å². The molecule has 0 aromatic heterocycles. The van der Waals surface area contributed by atoms with Gasteiger partial charge in [-0.3, -0.25) is 9.59 Å². The third-order valence-electron chi connectivity index (χ3n) is 3.73. The van der Waals surface area contributed by atoms with Crippen molar-refractivity contribution in [3.05, 3.63) is 63.6 Å². The highest BCUT2D eigenvalue weighted by molar-refractivity contribution is 8.00. The van der Waals surface area contributed by atoms with Crippen LogP contribution in [-0.4, -0.2) is 23.6 Å². The molecule has 4 nitrogen and oxygen atoms in total. The van der Waals surface area contributed by atoms with Gasteiger partial charge in [-0.2, -0.15) is 0 Å². The van der Waals surface area contributed by atoms with Gasteiger partial charge < -0.3 is 10.6 Å². The second-order valence-corrected chi connectivity index (χ2v) is 8.21. The molecule has 2 aromatic carbocycles. The van der Waals surface area contributed by atoms with Gasteiger partial charge in [-0.05, 0) is 50.6 Å². The molecule has 2 aromatic rings. The quantitative estimate of drug-likeness (QED) is 0.607. The predicted octanol–water partition coefficient (Wildman–Crippen LogP) is 5.10. The molecule has 0 fully saturated rings. The minimum Gasteiger partial charge on any atom is -0.353 e. The van der Waals surface area contributed by atoms with Crippen molar-refractivity contribution >= 4 is 46.8 Å². The molecule has 0 radical (unpaired) electrons. The van der Waals surface area contributed by atoms with Crippen LogP contribution in [0.3, 0.4) is 0 Å². The summed E-state index contributed by atoms with van der Waals surface area (Å²) in [4.78, 5) is 25.4.